The van der Waals surface area contributed by atoms with Crippen LogP contribution in [0.25, 0.3) is 0 Å². The number of carbonyl (C=O) groups excluding carboxylic acids is 4. The molecule has 0 radical (unpaired) electrons. The number of rotatable bonds is 7. The highest BCUT2D eigenvalue weighted by Crippen LogP contribution is 2.44. The lowest BCUT2D eigenvalue weighted by Crippen LogP contribution is -2.41. The SMILES string of the molecule is O=C(COC(=O)CN1C(=O)CCC1=O)NC(C1CC1)C1CC1. The molecule has 1 saturated heterocycles. The van der Waals surface area contributed by atoms with Crippen LogP contribution in [0, 0.1) is 11.8 Å². The van der Waals surface area contributed by atoms with Gasteiger partial charge in [0.05, 0.1) is 0 Å². The molecule has 2 saturated carbocycles. The molecular weight excluding hydrogens is 288 g/mol. The molecule has 0 spiro atoms. The molecule has 3 amide bonds. The van der Waals surface area contributed by atoms with Crippen molar-refractivity contribution in [3.05, 3.63) is 0 Å². The Labute approximate surface area is 128 Å². The van der Waals surface area contributed by atoms with Crippen LogP contribution in [0.4, 0.5) is 0 Å². The van der Waals surface area contributed by atoms with Gasteiger partial charge in [0.15, 0.2) is 6.61 Å². The van der Waals surface area contributed by atoms with Gasteiger partial charge in [0.2, 0.25) is 11.8 Å². The van der Waals surface area contributed by atoms with Crippen LogP contribution in [-0.2, 0) is 23.9 Å². The summed E-state index contributed by atoms with van der Waals surface area (Å²) in [4.78, 5) is 47.1. The molecule has 1 aliphatic heterocycles. The maximum Gasteiger partial charge on any atom is 0.326 e. The van der Waals surface area contributed by atoms with Crippen molar-refractivity contribution >= 4 is 23.7 Å². The third-order valence-electron chi connectivity index (χ3n) is 4.39. The van der Waals surface area contributed by atoms with E-state index in [9.17, 15) is 19.2 Å². The molecule has 0 aromatic rings. The van der Waals surface area contributed by atoms with Crippen LogP contribution in [0.5, 0.6) is 0 Å². The minimum absolute atomic E-state index is 0.136. The first-order chi connectivity index (χ1) is 10.5. The Hall–Kier alpha value is -1.92. The normalized spacial score (nSPS) is 21.4. The maximum atomic E-state index is 11.9. The third-order valence-corrected chi connectivity index (χ3v) is 4.39. The quantitative estimate of drug-likeness (QED) is 0.527. The Bertz CT molecular complexity index is 482. The number of likely N-dealkylation sites (tertiary alicyclic amines) is 1. The molecule has 0 aromatic carbocycles. The summed E-state index contributed by atoms with van der Waals surface area (Å²) in [5.74, 6) is -0.619. The van der Waals surface area contributed by atoms with E-state index in [1.54, 1.807) is 0 Å². The van der Waals surface area contributed by atoms with Crippen LogP contribution in [0.2, 0.25) is 0 Å². The van der Waals surface area contributed by atoms with Crippen LogP contribution in [0.1, 0.15) is 38.5 Å². The summed E-state index contributed by atoms with van der Waals surface area (Å²) in [5.41, 5.74) is 0. The fraction of sp³-hybridized carbons (Fsp3) is 0.733. The Morgan fingerprint density at radius 3 is 2.14 bits per heavy atom. The molecule has 3 aliphatic rings. The largest absolute Gasteiger partial charge is 0.454 e. The van der Waals surface area contributed by atoms with Crippen LogP contribution in [-0.4, -0.2) is 47.8 Å². The second kappa shape index (κ2) is 6.06. The molecule has 3 rings (SSSR count). The van der Waals surface area contributed by atoms with Gasteiger partial charge in [-0.15, -0.1) is 0 Å². The average Bonchev–Trinajstić information content (AvgIpc) is 3.38. The molecule has 22 heavy (non-hydrogen) atoms. The number of carbonyl (C=O) groups is 4. The van der Waals surface area contributed by atoms with Crippen molar-refractivity contribution in [3.8, 4) is 0 Å². The molecule has 1 N–H and O–H groups in total. The van der Waals surface area contributed by atoms with Gasteiger partial charge in [-0.2, -0.15) is 0 Å². The smallest absolute Gasteiger partial charge is 0.326 e. The van der Waals surface area contributed by atoms with E-state index in [-0.39, 0.29) is 43.2 Å². The summed E-state index contributed by atoms with van der Waals surface area (Å²) in [6.07, 6.45) is 4.88. The molecule has 7 nitrogen and oxygen atoms in total. The van der Waals surface area contributed by atoms with Crippen molar-refractivity contribution in [3.63, 3.8) is 0 Å². The van der Waals surface area contributed by atoms with Crippen molar-refractivity contribution in [1.82, 2.24) is 10.2 Å². The highest BCUT2D eigenvalue weighted by Gasteiger charge is 2.42. The van der Waals surface area contributed by atoms with Gasteiger partial charge in [0.1, 0.15) is 6.54 Å². The molecule has 0 bridgehead atoms. The second-order valence-corrected chi connectivity index (χ2v) is 6.30. The first kappa shape index (κ1) is 15.0. The van der Waals surface area contributed by atoms with Crippen LogP contribution in [0.15, 0.2) is 0 Å². The number of imide groups is 1. The van der Waals surface area contributed by atoms with Crippen molar-refractivity contribution < 1.29 is 23.9 Å². The van der Waals surface area contributed by atoms with Gasteiger partial charge < -0.3 is 10.1 Å². The standard InChI is InChI=1S/C15H20N2O5/c18-11(16-15(9-1-2-9)10-3-4-10)8-22-14(21)7-17-12(19)5-6-13(17)20/h9-10,15H,1-8H2,(H,16,18). The van der Waals surface area contributed by atoms with Crippen LogP contribution in [0.3, 0.4) is 0 Å². The Balaban J connectivity index is 1.39. The Morgan fingerprint density at radius 1 is 1.09 bits per heavy atom. The summed E-state index contributed by atoms with van der Waals surface area (Å²) in [6, 6.07) is 0.216. The van der Waals surface area contributed by atoms with Gasteiger partial charge in [-0.05, 0) is 37.5 Å². The van der Waals surface area contributed by atoms with E-state index >= 15 is 0 Å². The van der Waals surface area contributed by atoms with Crippen LogP contribution < -0.4 is 5.32 Å². The predicted molar refractivity (Wildman–Crippen MR) is 74.3 cm³/mol. The summed E-state index contributed by atoms with van der Waals surface area (Å²) >= 11 is 0. The summed E-state index contributed by atoms with van der Waals surface area (Å²) < 4.78 is 4.87. The van der Waals surface area contributed by atoms with Gasteiger partial charge in [0.25, 0.3) is 5.91 Å². The number of ether oxygens (including phenoxy) is 1. The lowest BCUT2D eigenvalue weighted by Gasteiger charge is -2.18. The summed E-state index contributed by atoms with van der Waals surface area (Å²) in [7, 11) is 0. The number of nitrogens with zero attached hydrogens (tertiary/aromatic N) is 1. The highest BCUT2D eigenvalue weighted by atomic mass is 16.5. The van der Waals surface area contributed by atoms with E-state index in [1.807, 2.05) is 0 Å². The van der Waals surface area contributed by atoms with Gasteiger partial charge in [0, 0.05) is 18.9 Å². The predicted octanol–water partition coefficient (Wildman–Crippen LogP) is -0.0166. The Morgan fingerprint density at radius 2 is 1.64 bits per heavy atom. The molecule has 0 aromatic heterocycles. The monoisotopic (exact) mass is 308 g/mol. The number of nitrogens with one attached hydrogen (secondary N) is 1. The van der Waals surface area contributed by atoms with Crippen molar-refractivity contribution in [2.24, 2.45) is 11.8 Å². The number of hydrogen-bond acceptors (Lipinski definition) is 5. The van der Waals surface area contributed by atoms with E-state index < -0.39 is 12.5 Å². The zero-order valence-corrected chi connectivity index (χ0v) is 12.4. The average molecular weight is 308 g/mol. The fourth-order valence-corrected chi connectivity index (χ4v) is 2.88. The summed E-state index contributed by atoms with van der Waals surface area (Å²) in [6.45, 7) is -0.759. The molecule has 3 fully saturated rings. The van der Waals surface area contributed by atoms with Crippen molar-refractivity contribution in [2.75, 3.05) is 13.2 Å². The second-order valence-electron chi connectivity index (χ2n) is 6.30. The van der Waals surface area contributed by atoms with Gasteiger partial charge >= 0.3 is 5.97 Å². The molecular formula is C15H20N2O5. The number of hydrogen-bond donors (Lipinski definition) is 1. The van der Waals surface area contributed by atoms with E-state index in [1.165, 1.54) is 0 Å². The van der Waals surface area contributed by atoms with E-state index in [0.29, 0.717) is 11.8 Å². The number of esters is 1. The van der Waals surface area contributed by atoms with E-state index in [4.69, 9.17) is 4.74 Å². The topological polar surface area (TPSA) is 92.8 Å². The molecule has 120 valence electrons. The Kier molecular flexibility index (Phi) is 4.13. The lowest BCUT2D eigenvalue weighted by atomic mass is 10.1. The van der Waals surface area contributed by atoms with E-state index in [0.717, 1.165) is 30.6 Å². The first-order valence-corrected chi connectivity index (χ1v) is 7.83. The zero-order chi connectivity index (χ0) is 15.7. The van der Waals surface area contributed by atoms with Crippen molar-refractivity contribution in [1.29, 1.82) is 0 Å². The minimum Gasteiger partial charge on any atom is -0.454 e. The molecule has 7 heteroatoms. The molecule has 1 heterocycles. The molecule has 2 aliphatic carbocycles. The zero-order valence-electron chi connectivity index (χ0n) is 12.4. The number of amides is 3. The van der Waals surface area contributed by atoms with Gasteiger partial charge in [-0.25, -0.2) is 0 Å². The maximum absolute atomic E-state index is 11.9. The van der Waals surface area contributed by atoms with Gasteiger partial charge in [-0.3, -0.25) is 24.1 Å². The minimum atomic E-state index is -0.729. The van der Waals surface area contributed by atoms with E-state index in [2.05, 4.69) is 5.32 Å². The third kappa shape index (κ3) is 3.64. The first-order valence-electron chi connectivity index (χ1n) is 7.83. The fourth-order valence-electron chi connectivity index (χ4n) is 2.88. The van der Waals surface area contributed by atoms with Crippen LogP contribution >= 0.6 is 0 Å². The molecule has 0 unspecified atom stereocenters. The lowest BCUT2D eigenvalue weighted by molar-refractivity contribution is -0.154. The molecule has 0 atom stereocenters. The highest BCUT2D eigenvalue weighted by molar-refractivity contribution is 6.04. The summed E-state index contributed by atoms with van der Waals surface area (Å²) in [5, 5.41) is 2.94. The van der Waals surface area contributed by atoms with Crippen molar-refractivity contribution in [2.45, 2.75) is 44.6 Å². The van der Waals surface area contributed by atoms with Gasteiger partial charge in [-0.1, -0.05) is 0 Å².